The van der Waals surface area contributed by atoms with Gasteiger partial charge in [0.05, 0.1) is 12.4 Å². The monoisotopic (exact) mass is 486 g/mol. The standard InChI is InChI=1S/C24H26N2O7S/c1-2-31-23(30)15-32-19-11-7-6-10-18(19)24-26(21(28)16-34-24)13-20(27)25-12-22(29)33-14-17-8-4-3-5-9-17/h3-11,24H,2,12-16H2,1H3,(H,25,27). The fourth-order valence-electron chi connectivity index (χ4n) is 3.21. The molecule has 10 heteroatoms. The summed E-state index contributed by atoms with van der Waals surface area (Å²) in [6.45, 7) is 1.28. The molecular weight excluding hydrogens is 460 g/mol. The number of nitrogens with zero attached hydrogens (tertiary/aromatic N) is 1. The summed E-state index contributed by atoms with van der Waals surface area (Å²) in [5.41, 5.74) is 1.51. The number of ether oxygens (including phenoxy) is 3. The SMILES string of the molecule is CCOC(=O)COc1ccccc1C1SCC(=O)N1CC(=O)NCC(=O)OCc1ccccc1. The molecule has 3 rings (SSSR count). The van der Waals surface area contributed by atoms with Crippen molar-refractivity contribution >= 4 is 35.5 Å². The van der Waals surface area contributed by atoms with Gasteiger partial charge in [0.1, 0.15) is 30.8 Å². The average molecular weight is 487 g/mol. The van der Waals surface area contributed by atoms with Crippen molar-refractivity contribution in [1.82, 2.24) is 10.2 Å². The lowest BCUT2D eigenvalue weighted by Crippen LogP contribution is -2.41. The molecule has 1 aliphatic rings. The molecule has 1 saturated heterocycles. The van der Waals surface area contributed by atoms with Crippen molar-refractivity contribution in [3.63, 3.8) is 0 Å². The smallest absolute Gasteiger partial charge is 0.344 e. The maximum absolute atomic E-state index is 12.5. The van der Waals surface area contributed by atoms with E-state index in [1.54, 1.807) is 31.2 Å². The second-order valence-electron chi connectivity index (χ2n) is 7.24. The van der Waals surface area contributed by atoms with Crippen LogP contribution in [0.2, 0.25) is 0 Å². The minimum absolute atomic E-state index is 0.113. The molecule has 0 bridgehead atoms. The zero-order chi connectivity index (χ0) is 24.3. The molecule has 2 aromatic carbocycles. The Morgan fingerprint density at radius 2 is 1.76 bits per heavy atom. The van der Waals surface area contributed by atoms with E-state index in [1.165, 1.54) is 16.7 Å². The lowest BCUT2D eigenvalue weighted by molar-refractivity contribution is -0.146. The number of carbonyl (C=O) groups is 4. The Kier molecular flexibility index (Phi) is 9.33. The summed E-state index contributed by atoms with van der Waals surface area (Å²) in [7, 11) is 0. The Hall–Kier alpha value is -3.53. The third-order valence-corrected chi connectivity index (χ3v) is 6.03. The molecule has 2 amide bonds. The molecule has 1 atom stereocenters. The summed E-state index contributed by atoms with van der Waals surface area (Å²) < 4.78 is 15.6. The second-order valence-corrected chi connectivity index (χ2v) is 8.31. The van der Waals surface area contributed by atoms with Crippen LogP contribution in [0, 0.1) is 0 Å². The molecule has 180 valence electrons. The first-order valence-electron chi connectivity index (χ1n) is 10.7. The van der Waals surface area contributed by atoms with Crippen molar-refractivity contribution in [2.24, 2.45) is 0 Å². The normalized spacial score (nSPS) is 15.0. The Morgan fingerprint density at radius 3 is 2.53 bits per heavy atom. The molecule has 2 aromatic rings. The van der Waals surface area contributed by atoms with E-state index in [0.717, 1.165) is 5.56 Å². The van der Waals surface area contributed by atoms with Crippen molar-refractivity contribution in [1.29, 1.82) is 0 Å². The average Bonchev–Trinajstić information content (AvgIpc) is 3.20. The second kappa shape index (κ2) is 12.6. The molecule has 0 aromatic heterocycles. The summed E-state index contributed by atoms with van der Waals surface area (Å²) in [4.78, 5) is 50.0. The van der Waals surface area contributed by atoms with Gasteiger partial charge in [-0.2, -0.15) is 0 Å². The maximum atomic E-state index is 12.5. The lowest BCUT2D eigenvalue weighted by atomic mass is 10.2. The fraction of sp³-hybridized carbons (Fsp3) is 0.333. The number of hydrogen-bond donors (Lipinski definition) is 1. The summed E-state index contributed by atoms with van der Waals surface area (Å²) in [6.07, 6.45) is 0. The molecule has 1 fully saturated rings. The summed E-state index contributed by atoms with van der Waals surface area (Å²) in [6, 6.07) is 16.2. The van der Waals surface area contributed by atoms with Crippen LogP contribution in [-0.2, 0) is 35.3 Å². The molecule has 34 heavy (non-hydrogen) atoms. The van der Waals surface area contributed by atoms with E-state index >= 15 is 0 Å². The van der Waals surface area contributed by atoms with Crippen molar-refractivity contribution in [3.8, 4) is 5.75 Å². The zero-order valence-electron chi connectivity index (χ0n) is 18.7. The molecule has 9 nitrogen and oxygen atoms in total. The Balaban J connectivity index is 1.55. The van der Waals surface area contributed by atoms with E-state index in [2.05, 4.69) is 5.32 Å². The third kappa shape index (κ3) is 7.24. The number of amides is 2. The highest BCUT2D eigenvalue weighted by atomic mass is 32.2. The molecule has 0 saturated carbocycles. The number of nitrogens with one attached hydrogen (secondary N) is 1. The highest BCUT2D eigenvalue weighted by molar-refractivity contribution is 8.00. The van der Waals surface area contributed by atoms with Crippen LogP contribution in [0.5, 0.6) is 5.75 Å². The van der Waals surface area contributed by atoms with Gasteiger partial charge in [0.25, 0.3) is 0 Å². The first-order valence-corrected chi connectivity index (χ1v) is 11.8. The van der Waals surface area contributed by atoms with Gasteiger partial charge >= 0.3 is 11.9 Å². The van der Waals surface area contributed by atoms with Crippen LogP contribution >= 0.6 is 11.8 Å². The Morgan fingerprint density at radius 1 is 1.03 bits per heavy atom. The van der Waals surface area contributed by atoms with E-state index in [-0.39, 0.29) is 44.6 Å². The van der Waals surface area contributed by atoms with Gasteiger partial charge in [-0.1, -0.05) is 48.5 Å². The topological polar surface area (TPSA) is 111 Å². The molecule has 1 heterocycles. The van der Waals surface area contributed by atoms with Crippen molar-refractivity contribution in [2.45, 2.75) is 18.9 Å². The summed E-state index contributed by atoms with van der Waals surface area (Å²) in [5.74, 6) is -1.14. The van der Waals surface area contributed by atoms with Gasteiger partial charge in [0, 0.05) is 5.56 Å². The molecule has 0 spiro atoms. The minimum atomic E-state index is -0.575. The summed E-state index contributed by atoms with van der Waals surface area (Å²) in [5, 5.41) is 2.03. The minimum Gasteiger partial charge on any atom is -0.482 e. The van der Waals surface area contributed by atoms with E-state index in [0.29, 0.717) is 11.3 Å². The molecule has 1 N–H and O–H groups in total. The number of esters is 2. The lowest BCUT2D eigenvalue weighted by Gasteiger charge is -2.25. The van der Waals surface area contributed by atoms with Crippen LogP contribution in [-0.4, -0.2) is 60.7 Å². The summed E-state index contributed by atoms with van der Waals surface area (Å²) >= 11 is 1.35. The van der Waals surface area contributed by atoms with Gasteiger partial charge in [-0.05, 0) is 18.6 Å². The van der Waals surface area contributed by atoms with E-state index in [9.17, 15) is 19.2 Å². The van der Waals surface area contributed by atoms with Crippen LogP contribution in [0.1, 0.15) is 23.4 Å². The number of benzene rings is 2. The number of hydrogen-bond acceptors (Lipinski definition) is 8. The van der Waals surface area contributed by atoms with Gasteiger partial charge in [-0.15, -0.1) is 11.8 Å². The molecule has 0 aliphatic carbocycles. The van der Waals surface area contributed by atoms with Crippen LogP contribution in [0.3, 0.4) is 0 Å². The van der Waals surface area contributed by atoms with Crippen molar-refractivity contribution < 1.29 is 33.4 Å². The molecule has 0 radical (unpaired) electrons. The Bertz CT molecular complexity index is 1020. The van der Waals surface area contributed by atoms with Crippen LogP contribution in [0.4, 0.5) is 0 Å². The van der Waals surface area contributed by atoms with Crippen LogP contribution in [0.25, 0.3) is 0 Å². The predicted molar refractivity (Wildman–Crippen MR) is 125 cm³/mol. The van der Waals surface area contributed by atoms with Crippen molar-refractivity contribution in [3.05, 3.63) is 65.7 Å². The number of rotatable bonds is 11. The van der Waals surface area contributed by atoms with Gasteiger partial charge < -0.3 is 24.4 Å². The first kappa shape index (κ1) is 25.1. The number of para-hydroxylation sites is 1. The molecule has 1 unspecified atom stereocenters. The highest BCUT2D eigenvalue weighted by Gasteiger charge is 2.35. The third-order valence-electron chi connectivity index (χ3n) is 4.79. The maximum Gasteiger partial charge on any atom is 0.344 e. The number of thioether (sulfide) groups is 1. The van der Waals surface area contributed by atoms with Gasteiger partial charge in [0.2, 0.25) is 11.8 Å². The quantitative estimate of drug-likeness (QED) is 0.481. The molecular formula is C24H26N2O7S. The fourth-order valence-corrected chi connectivity index (χ4v) is 4.42. The number of carbonyl (C=O) groups excluding carboxylic acids is 4. The van der Waals surface area contributed by atoms with E-state index < -0.39 is 23.2 Å². The van der Waals surface area contributed by atoms with Gasteiger partial charge in [-0.25, -0.2) is 4.79 Å². The van der Waals surface area contributed by atoms with Crippen molar-refractivity contribution in [2.75, 3.05) is 32.1 Å². The van der Waals surface area contributed by atoms with Crippen LogP contribution in [0.15, 0.2) is 54.6 Å². The van der Waals surface area contributed by atoms with E-state index in [4.69, 9.17) is 14.2 Å². The van der Waals surface area contributed by atoms with Crippen LogP contribution < -0.4 is 10.1 Å². The predicted octanol–water partition coefficient (Wildman–Crippen LogP) is 2.06. The highest BCUT2D eigenvalue weighted by Crippen LogP contribution is 2.42. The largest absolute Gasteiger partial charge is 0.482 e. The van der Waals surface area contributed by atoms with E-state index in [1.807, 2.05) is 30.3 Å². The Labute approximate surface area is 201 Å². The van der Waals surface area contributed by atoms with Gasteiger partial charge in [0.15, 0.2) is 6.61 Å². The first-order chi connectivity index (χ1) is 16.5. The van der Waals surface area contributed by atoms with Gasteiger partial charge in [-0.3, -0.25) is 14.4 Å². The zero-order valence-corrected chi connectivity index (χ0v) is 19.5. The molecule has 1 aliphatic heterocycles.